The van der Waals surface area contributed by atoms with E-state index in [0.29, 0.717) is 12.0 Å². The summed E-state index contributed by atoms with van der Waals surface area (Å²) in [5.41, 5.74) is 2.42. The van der Waals surface area contributed by atoms with Crippen molar-refractivity contribution in [3.63, 3.8) is 0 Å². The largest absolute Gasteiger partial charge is 0.291 e. The highest BCUT2D eigenvalue weighted by molar-refractivity contribution is 6.36. The highest BCUT2D eigenvalue weighted by Crippen LogP contribution is 2.26. The standard InChI is InChI=1S/C18H18O3/c1-13(19)17(20)11-10-15-8-5-9-16(18(15)21)12-14-6-3-2-4-7-14/h2-4,6-7,10,12H,5,8-9,11H2,1H3. The Labute approximate surface area is 124 Å². The number of hydrogen-bond donors (Lipinski definition) is 0. The van der Waals surface area contributed by atoms with E-state index in [2.05, 4.69) is 0 Å². The fourth-order valence-electron chi connectivity index (χ4n) is 2.35. The number of benzene rings is 1. The van der Waals surface area contributed by atoms with Crippen LogP contribution in [0.2, 0.25) is 0 Å². The van der Waals surface area contributed by atoms with Gasteiger partial charge in [0.1, 0.15) is 0 Å². The molecule has 2 rings (SSSR count). The molecule has 1 aromatic rings. The molecule has 0 saturated heterocycles. The summed E-state index contributed by atoms with van der Waals surface area (Å²) in [6, 6.07) is 9.71. The van der Waals surface area contributed by atoms with Crippen LogP contribution in [0.25, 0.3) is 6.08 Å². The van der Waals surface area contributed by atoms with Crippen molar-refractivity contribution in [3.8, 4) is 0 Å². The molecule has 0 atom stereocenters. The Morgan fingerprint density at radius 2 is 1.76 bits per heavy atom. The van der Waals surface area contributed by atoms with Gasteiger partial charge < -0.3 is 0 Å². The van der Waals surface area contributed by atoms with Gasteiger partial charge in [0.05, 0.1) is 0 Å². The number of allylic oxidation sites excluding steroid dienone is 3. The van der Waals surface area contributed by atoms with E-state index in [1.165, 1.54) is 6.92 Å². The minimum Gasteiger partial charge on any atom is -0.291 e. The van der Waals surface area contributed by atoms with Crippen molar-refractivity contribution in [1.82, 2.24) is 0 Å². The van der Waals surface area contributed by atoms with E-state index in [1.807, 2.05) is 36.4 Å². The zero-order valence-electron chi connectivity index (χ0n) is 12.1. The first-order chi connectivity index (χ1) is 10.1. The van der Waals surface area contributed by atoms with Crippen LogP contribution in [0, 0.1) is 0 Å². The number of rotatable bonds is 4. The van der Waals surface area contributed by atoms with E-state index in [-0.39, 0.29) is 12.2 Å². The molecule has 0 radical (unpaired) electrons. The van der Waals surface area contributed by atoms with Crippen LogP contribution in [0.1, 0.15) is 38.2 Å². The number of carbonyl (C=O) groups excluding carboxylic acids is 3. The Kier molecular flexibility index (Phi) is 4.99. The normalized spacial score (nSPS) is 19.0. The topological polar surface area (TPSA) is 51.2 Å². The first kappa shape index (κ1) is 15.1. The van der Waals surface area contributed by atoms with Crippen molar-refractivity contribution in [3.05, 3.63) is 53.1 Å². The lowest BCUT2D eigenvalue weighted by molar-refractivity contribution is -0.134. The van der Waals surface area contributed by atoms with Gasteiger partial charge in [-0.25, -0.2) is 0 Å². The maximum absolute atomic E-state index is 12.4. The van der Waals surface area contributed by atoms with Crippen LogP contribution in [0.4, 0.5) is 0 Å². The summed E-state index contributed by atoms with van der Waals surface area (Å²) in [6.07, 6.45) is 5.87. The smallest absolute Gasteiger partial charge is 0.201 e. The highest BCUT2D eigenvalue weighted by atomic mass is 16.2. The van der Waals surface area contributed by atoms with E-state index in [9.17, 15) is 14.4 Å². The molecule has 108 valence electrons. The number of hydrogen-bond acceptors (Lipinski definition) is 3. The van der Waals surface area contributed by atoms with Crippen molar-refractivity contribution in [2.45, 2.75) is 32.6 Å². The molecule has 0 spiro atoms. The van der Waals surface area contributed by atoms with Crippen molar-refractivity contribution in [1.29, 1.82) is 0 Å². The van der Waals surface area contributed by atoms with Gasteiger partial charge in [0, 0.05) is 18.9 Å². The summed E-state index contributed by atoms with van der Waals surface area (Å²) in [6.45, 7) is 1.25. The third-order valence-corrected chi connectivity index (χ3v) is 3.54. The van der Waals surface area contributed by atoms with Gasteiger partial charge in [0.15, 0.2) is 11.6 Å². The molecule has 3 nitrogen and oxygen atoms in total. The fraction of sp³-hybridized carbons (Fsp3) is 0.278. The van der Waals surface area contributed by atoms with E-state index in [1.54, 1.807) is 6.08 Å². The molecule has 1 saturated carbocycles. The second-order valence-electron chi connectivity index (χ2n) is 5.18. The average Bonchev–Trinajstić information content (AvgIpc) is 2.48. The van der Waals surface area contributed by atoms with Crippen molar-refractivity contribution in [2.75, 3.05) is 0 Å². The lowest BCUT2D eigenvalue weighted by Gasteiger charge is -2.16. The van der Waals surface area contributed by atoms with Gasteiger partial charge in [-0.2, -0.15) is 0 Å². The van der Waals surface area contributed by atoms with Crippen LogP contribution in [0.5, 0.6) is 0 Å². The van der Waals surface area contributed by atoms with E-state index in [0.717, 1.165) is 24.0 Å². The molecule has 1 aromatic carbocycles. The molecule has 0 aromatic heterocycles. The third-order valence-electron chi connectivity index (χ3n) is 3.54. The summed E-state index contributed by atoms with van der Waals surface area (Å²) in [4.78, 5) is 34.7. The molecule has 21 heavy (non-hydrogen) atoms. The van der Waals surface area contributed by atoms with Crippen LogP contribution in [-0.4, -0.2) is 17.3 Å². The predicted octanol–water partition coefficient (Wildman–Crippen LogP) is 3.30. The Morgan fingerprint density at radius 3 is 2.43 bits per heavy atom. The van der Waals surface area contributed by atoms with Gasteiger partial charge in [-0.1, -0.05) is 36.4 Å². The molecule has 0 bridgehead atoms. The number of Topliss-reactive ketones (excluding diaryl/α,β-unsaturated/α-hetero) is 3. The lowest BCUT2D eigenvalue weighted by Crippen LogP contribution is -2.14. The Morgan fingerprint density at radius 1 is 1.10 bits per heavy atom. The van der Waals surface area contributed by atoms with Gasteiger partial charge in [0.25, 0.3) is 0 Å². The maximum atomic E-state index is 12.4. The number of carbonyl (C=O) groups is 3. The monoisotopic (exact) mass is 282 g/mol. The molecule has 1 aliphatic rings. The average molecular weight is 282 g/mol. The SMILES string of the molecule is CC(=O)C(=O)CC=C1CCCC(=Cc2ccccc2)C1=O. The first-order valence-electron chi connectivity index (χ1n) is 7.11. The quantitative estimate of drug-likeness (QED) is 0.629. The molecule has 1 aliphatic carbocycles. The van der Waals surface area contributed by atoms with Gasteiger partial charge in [-0.3, -0.25) is 14.4 Å². The molecule has 0 amide bonds. The summed E-state index contributed by atoms with van der Waals surface area (Å²) in [5, 5.41) is 0. The molecule has 1 fully saturated rings. The minimum atomic E-state index is -0.463. The summed E-state index contributed by atoms with van der Waals surface area (Å²) in [7, 11) is 0. The van der Waals surface area contributed by atoms with E-state index in [4.69, 9.17) is 0 Å². The minimum absolute atomic E-state index is 0.00135. The molecular weight excluding hydrogens is 264 g/mol. The molecule has 0 unspecified atom stereocenters. The molecule has 0 N–H and O–H groups in total. The van der Waals surface area contributed by atoms with Crippen LogP contribution in [0.3, 0.4) is 0 Å². The van der Waals surface area contributed by atoms with E-state index < -0.39 is 11.6 Å². The Hall–Kier alpha value is -2.29. The highest BCUT2D eigenvalue weighted by Gasteiger charge is 2.20. The van der Waals surface area contributed by atoms with Gasteiger partial charge in [0.2, 0.25) is 5.78 Å². The molecule has 0 aliphatic heterocycles. The molecular formula is C18H18O3. The van der Waals surface area contributed by atoms with Crippen LogP contribution in [-0.2, 0) is 14.4 Å². The third kappa shape index (κ3) is 4.09. The molecule has 0 heterocycles. The maximum Gasteiger partial charge on any atom is 0.201 e. The summed E-state index contributed by atoms with van der Waals surface area (Å²) >= 11 is 0. The molecule has 3 heteroatoms. The van der Waals surface area contributed by atoms with Gasteiger partial charge in [-0.05, 0) is 36.5 Å². The lowest BCUT2D eigenvalue weighted by atomic mass is 9.87. The Balaban J connectivity index is 2.15. The first-order valence-corrected chi connectivity index (χ1v) is 7.11. The second-order valence-corrected chi connectivity index (χ2v) is 5.18. The van der Waals surface area contributed by atoms with Crippen molar-refractivity contribution >= 4 is 23.4 Å². The van der Waals surface area contributed by atoms with E-state index >= 15 is 0 Å². The fourth-order valence-corrected chi connectivity index (χ4v) is 2.35. The van der Waals surface area contributed by atoms with Gasteiger partial charge >= 0.3 is 0 Å². The van der Waals surface area contributed by atoms with Gasteiger partial charge in [-0.15, -0.1) is 0 Å². The second kappa shape index (κ2) is 6.93. The predicted molar refractivity (Wildman–Crippen MR) is 81.7 cm³/mol. The number of ketones is 3. The zero-order valence-corrected chi connectivity index (χ0v) is 12.1. The van der Waals surface area contributed by atoms with Crippen LogP contribution >= 0.6 is 0 Å². The van der Waals surface area contributed by atoms with Crippen molar-refractivity contribution < 1.29 is 14.4 Å². The summed E-state index contributed by atoms with van der Waals surface area (Å²) in [5.74, 6) is -0.911. The van der Waals surface area contributed by atoms with Crippen molar-refractivity contribution in [2.24, 2.45) is 0 Å². The zero-order chi connectivity index (χ0) is 15.2. The van der Waals surface area contributed by atoms with Crippen LogP contribution < -0.4 is 0 Å². The van der Waals surface area contributed by atoms with Crippen LogP contribution in [0.15, 0.2) is 47.6 Å². The summed E-state index contributed by atoms with van der Waals surface area (Å²) < 4.78 is 0. The Bertz CT molecular complexity index is 621.